The number of anilines is 2. The van der Waals surface area contributed by atoms with Crippen LogP contribution in [0.2, 0.25) is 0 Å². The Bertz CT molecular complexity index is 408. The normalized spacial score (nSPS) is 20.3. The van der Waals surface area contributed by atoms with Crippen LogP contribution in [0.25, 0.3) is 0 Å². The number of aromatic nitrogens is 2. The van der Waals surface area contributed by atoms with Gasteiger partial charge < -0.3 is 10.5 Å². The topological polar surface area (TPSA) is 81.3 Å². The highest BCUT2D eigenvalue weighted by Gasteiger charge is 2.36. The van der Waals surface area contributed by atoms with E-state index in [1.165, 1.54) is 11.1 Å². The molecule has 0 aliphatic carbocycles. The Balaban J connectivity index is 2.33. The fourth-order valence-electron chi connectivity index (χ4n) is 1.69. The van der Waals surface area contributed by atoms with E-state index in [2.05, 4.69) is 9.97 Å². The molecule has 1 amide bonds. The molecule has 1 aromatic heterocycles. The van der Waals surface area contributed by atoms with Gasteiger partial charge in [-0.3, -0.25) is 4.90 Å². The highest BCUT2D eigenvalue weighted by Crippen LogP contribution is 2.25. The molecule has 6 nitrogen and oxygen atoms in total. The first-order chi connectivity index (χ1) is 7.59. The fourth-order valence-corrected chi connectivity index (χ4v) is 1.69. The van der Waals surface area contributed by atoms with E-state index in [0.717, 1.165) is 0 Å². The summed E-state index contributed by atoms with van der Waals surface area (Å²) < 4.78 is 5.02. The monoisotopic (exact) mass is 222 g/mol. The minimum atomic E-state index is -0.378. The Kier molecular flexibility index (Phi) is 2.64. The van der Waals surface area contributed by atoms with Gasteiger partial charge in [-0.25, -0.2) is 9.78 Å². The van der Waals surface area contributed by atoms with Gasteiger partial charge in [0.2, 0.25) is 5.95 Å². The maximum Gasteiger partial charge on any atom is 0.415 e. The first kappa shape index (κ1) is 10.7. The molecule has 0 saturated carbocycles. The summed E-state index contributed by atoms with van der Waals surface area (Å²) in [6.07, 6.45) is 1.15. The third-order valence-corrected chi connectivity index (χ3v) is 2.58. The second-order valence-corrected chi connectivity index (χ2v) is 4.03. The number of nitrogen functional groups attached to an aromatic ring is 1. The van der Waals surface area contributed by atoms with Crippen LogP contribution >= 0.6 is 0 Å². The standard InChI is InChI=1S/C10H14N4O2/c1-6(2)7-5-16-10(15)14(7)8-3-4-12-9(11)13-8/h3-4,6-7H,5H2,1-2H3,(H2,11,12,13)/t7-/m1/s1. The largest absolute Gasteiger partial charge is 0.447 e. The molecule has 1 aliphatic heterocycles. The first-order valence-corrected chi connectivity index (χ1v) is 5.14. The Morgan fingerprint density at radius 3 is 3.00 bits per heavy atom. The molecule has 1 atom stereocenters. The fraction of sp³-hybridized carbons (Fsp3) is 0.500. The third-order valence-electron chi connectivity index (χ3n) is 2.58. The van der Waals surface area contributed by atoms with Crippen LogP contribution in [0.5, 0.6) is 0 Å². The SMILES string of the molecule is CC(C)[C@H]1COC(=O)N1c1ccnc(N)n1. The summed E-state index contributed by atoms with van der Waals surface area (Å²) in [7, 11) is 0. The maximum absolute atomic E-state index is 11.6. The minimum Gasteiger partial charge on any atom is -0.447 e. The number of cyclic esters (lactones) is 1. The lowest BCUT2D eigenvalue weighted by Gasteiger charge is -2.23. The summed E-state index contributed by atoms with van der Waals surface area (Å²) in [4.78, 5) is 21.0. The van der Waals surface area contributed by atoms with Crippen LogP contribution in [0.3, 0.4) is 0 Å². The minimum absolute atomic E-state index is 0.00167. The summed E-state index contributed by atoms with van der Waals surface area (Å²) in [5.41, 5.74) is 5.49. The Morgan fingerprint density at radius 1 is 1.62 bits per heavy atom. The number of rotatable bonds is 2. The van der Waals surface area contributed by atoms with Crippen molar-refractivity contribution in [3.8, 4) is 0 Å². The summed E-state index contributed by atoms with van der Waals surface area (Å²) in [5, 5.41) is 0. The third kappa shape index (κ3) is 1.78. The van der Waals surface area contributed by atoms with E-state index in [4.69, 9.17) is 10.5 Å². The van der Waals surface area contributed by atoms with E-state index in [0.29, 0.717) is 18.3 Å². The van der Waals surface area contributed by atoms with Gasteiger partial charge in [0.15, 0.2) is 0 Å². The second kappa shape index (κ2) is 3.96. The number of nitrogens with two attached hydrogens (primary N) is 1. The van der Waals surface area contributed by atoms with Crippen LogP contribution in [0.1, 0.15) is 13.8 Å². The average molecular weight is 222 g/mol. The van der Waals surface area contributed by atoms with Crippen LogP contribution < -0.4 is 10.6 Å². The predicted octanol–water partition coefficient (Wildman–Crippen LogP) is 1.04. The molecule has 0 spiro atoms. The number of carbonyl (C=O) groups excluding carboxylic acids is 1. The molecule has 16 heavy (non-hydrogen) atoms. The van der Waals surface area contributed by atoms with Crippen molar-refractivity contribution in [1.29, 1.82) is 0 Å². The van der Waals surface area contributed by atoms with Gasteiger partial charge in [-0.2, -0.15) is 4.98 Å². The van der Waals surface area contributed by atoms with Gasteiger partial charge in [-0.15, -0.1) is 0 Å². The van der Waals surface area contributed by atoms with Gasteiger partial charge in [-0.05, 0) is 12.0 Å². The van der Waals surface area contributed by atoms with Gasteiger partial charge in [-0.1, -0.05) is 13.8 Å². The van der Waals surface area contributed by atoms with Crippen LogP contribution in [0.15, 0.2) is 12.3 Å². The van der Waals surface area contributed by atoms with E-state index >= 15 is 0 Å². The molecule has 2 rings (SSSR count). The van der Waals surface area contributed by atoms with Crippen LogP contribution in [-0.2, 0) is 4.74 Å². The number of carbonyl (C=O) groups is 1. The number of hydrogen-bond donors (Lipinski definition) is 1. The van der Waals surface area contributed by atoms with Crippen LogP contribution in [-0.4, -0.2) is 28.7 Å². The van der Waals surface area contributed by atoms with Crippen LogP contribution in [0, 0.1) is 5.92 Å². The smallest absolute Gasteiger partial charge is 0.415 e. The molecule has 1 fully saturated rings. The van der Waals surface area contributed by atoms with Crippen molar-refractivity contribution in [2.45, 2.75) is 19.9 Å². The molecule has 1 saturated heterocycles. The summed E-state index contributed by atoms with van der Waals surface area (Å²) in [6, 6.07) is 1.65. The average Bonchev–Trinajstić information content (AvgIpc) is 2.60. The van der Waals surface area contributed by atoms with Crippen molar-refractivity contribution in [1.82, 2.24) is 9.97 Å². The van der Waals surface area contributed by atoms with Crippen molar-refractivity contribution >= 4 is 17.9 Å². The zero-order chi connectivity index (χ0) is 11.7. The van der Waals surface area contributed by atoms with E-state index in [-0.39, 0.29) is 18.1 Å². The van der Waals surface area contributed by atoms with Gasteiger partial charge in [0.25, 0.3) is 0 Å². The van der Waals surface area contributed by atoms with E-state index in [9.17, 15) is 4.79 Å². The molecule has 2 N–H and O–H groups in total. The molecule has 0 unspecified atom stereocenters. The molecular weight excluding hydrogens is 208 g/mol. The number of amides is 1. The van der Waals surface area contributed by atoms with E-state index < -0.39 is 0 Å². The highest BCUT2D eigenvalue weighted by molar-refractivity contribution is 5.89. The first-order valence-electron chi connectivity index (χ1n) is 5.14. The van der Waals surface area contributed by atoms with Crippen molar-refractivity contribution in [2.75, 3.05) is 17.2 Å². The highest BCUT2D eigenvalue weighted by atomic mass is 16.6. The molecular formula is C10H14N4O2. The Labute approximate surface area is 93.4 Å². The van der Waals surface area contributed by atoms with E-state index in [1.54, 1.807) is 6.07 Å². The lowest BCUT2D eigenvalue weighted by Crippen LogP contribution is -2.37. The number of ether oxygens (including phenoxy) is 1. The van der Waals surface area contributed by atoms with Crippen molar-refractivity contribution in [3.05, 3.63) is 12.3 Å². The Morgan fingerprint density at radius 2 is 2.38 bits per heavy atom. The molecule has 0 bridgehead atoms. The summed E-state index contributed by atoms with van der Waals surface area (Å²) in [5.74, 6) is 0.941. The maximum atomic E-state index is 11.6. The van der Waals surface area contributed by atoms with Gasteiger partial charge in [0.05, 0.1) is 6.04 Å². The predicted molar refractivity (Wildman–Crippen MR) is 58.9 cm³/mol. The molecule has 86 valence electrons. The van der Waals surface area contributed by atoms with Crippen molar-refractivity contribution in [3.63, 3.8) is 0 Å². The van der Waals surface area contributed by atoms with Gasteiger partial charge in [0, 0.05) is 6.20 Å². The molecule has 2 heterocycles. The lowest BCUT2D eigenvalue weighted by molar-refractivity contribution is 0.177. The molecule has 0 aromatic carbocycles. The van der Waals surface area contributed by atoms with E-state index in [1.807, 2.05) is 13.8 Å². The second-order valence-electron chi connectivity index (χ2n) is 4.03. The lowest BCUT2D eigenvalue weighted by atomic mass is 10.0. The van der Waals surface area contributed by atoms with Crippen molar-refractivity contribution < 1.29 is 9.53 Å². The summed E-state index contributed by atoms with van der Waals surface area (Å²) >= 11 is 0. The number of hydrogen-bond acceptors (Lipinski definition) is 5. The quantitative estimate of drug-likeness (QED) is 0.808. The molecule has 1 aliphatic rings. The molecule has 1 aromatic rings. The summed E-state index contributed by atoms with van der Waals surface area (Å²) in [6.45, 7) is 4.45. The zero-order valence-corrected chi connectivity index (χ0v) is 9.25. The zero-order valence-electron chi connectivity index (χ0n) is 9.25. The Hall–Kier alpha value is -1.85. The molecule has 6 heteroatoms. The van der Waals surface area contributed by atoms with Gasteiger partial charge >= 0.3 is 6.09 Å². The van der Waals surface area contributed by atoms with Crippen molar-refractivity contribution in [2.24, 2.45) is 5.92 Å². The number of nitrogens with zero attached hydrogens (tertiary/aromatic N) is 3. The van der Waals surface area contributed by atoms with Crippen LogP contribution in [0.4, 0.5) is 16.6 Å². The molecule has 0 radical (unpaired) electrons. The van der Waals surface area contributed by atoms with Gasteiger partial charge in [0.1, 0.15) is 12.4 Å².